The molecule has 104 heavy (non-hydrogen) atoms. The molecule has 0 saturated heterocycles. The fourth-order valence-corrected chi connectivity index (χ4v) is 13.4. The molecule has 19 rings (SSSR count). The molecule has 4 N–H and O–H groups in total. The highest BCUT2D eigenvalue weighted by Crippen LogP contribution is 2.41. The second kappa shape index (κ2) is 28.2. The minimum absolute atomic E-state index is 0.618. The van der Waals surface area contributed by atoms with Gasteiger partial charge >= 0.3 is 0 Å². The third-order valence-corrected chi connectivity index (χ3v) is 17.9. The van der Waals surface area contributed by atoms with Crippen molar-refractivity contribution >= 4 is 99.0 Å². The van der Waals surface area contributed by atoms with Gasteiger partial charge in [-0.2, -0.15) is 0 Å². The zero-order valence-electron chi connectivity index (χ0n) is 55.3. The van der Waals surface area contributed by atoms with Crippen molar-refractivity contribution in [2.45, 2.75) is 0 Å². The van der Waals surface area contributed by atoms with Crippen molar-refractivity contribution in [3.05, 3.63) is 320 Å². The number of aromatic nitrogens is 17. The quantitative estimate of drug-likeness (QED) is 0.0982. The molecule has 0 spiro atoms. The third-order valence-electron chi connectivity index (χ3n) is 17.9. The number of H-pyrrole nitrogens is 4. The van der Waals surface area contributed by atoms with Crippen LogP contribution in [0.5, 0.6) is 0 Å². The van der Waals surface area contributed by atoms with E-state index < -0.39 is 0 Å². The number of aromatic amines is 4. The Labute approximate surface area is 594 Å². The summed E-state index contributed by atoms with van der Waals surface area (Å²) in [5, 5.41) is 0. The second-order valence-electron chi connectivity index (χ2n) is 24.3. The Bertz CT molecular complexity index is 5150. The van der Waals surface area contributed by atoms with Gasteiger partial charge in [-0.05, 0) is 158 Å². The van der Waals surface area contributed by atoms with Crippen LogP contribution in [-0.2, 0) is 0 Å². The number of hydrogen-bond donors (Lipinski definition) is 4. The van der Waals surface area contributed by atoms with Gasteiger partial charge in [0, 0.05) is 250 Å². The van der Waals surface area contributed by atoms with E-state index >= 15 is 0 Å². The average Bonchev–Trinajstić information content (AvgIpc) is 1.61. The number of fused-ring (bicyclic) bond motifs is 16. The molecule has 15 aromatic heterocycles. The fraction of sp³-hybridized carbons (Fsp3) is 0. The molecule has 0 aliphatic carbocycles. The summed E-state index contributed by atoms with van der Waals surface area (Å²) in [6.07, 6.45) is 49.7. The van der Waals surface area contributed by atoms with Crippen molar-refractivity contribution in [3.8, 4) is 89.0 Å². The summed E-state index contributed by atoms with van der Waals surface area (Å²) in [5.41, 5.74) is 29.7. The highest BCUT2D eigenvalue weighted by molar-refractivity contribution is 6.02. The highest BCUT2D eigenvalue weighted by atomic mass is 16.1. The van der Waals surface area contributed by atoms with Crippen molar-refractivity contribution in [1.29, 1.82) is 0 Å². The summed E-state index contributed by atoms with van der Waals surface area (Å²) in [5.74, 6) is 0. The van der Waals surface area contributed by atoms with Crippen LogP contribution in [0.4, 0.5) is 0 Å². The van der Waals surface area contributed by atoms with Gasteiger partial charge in [0.15, 0.2) is 6.29 Å². The van der Waals surface area contributed by atoms with E-state index in [-0.39, 0.29) is 0 Å². The average molecular weight is 1340 g/mol. The molecule has 492 valence electrons. The first-order valence-electron chi connectivity index (χ1n) is 33.4. The molecule has 0 saturated carbocycles. The van der Waals surface area contributed by atoms with Crippen molar-refractivity contribution in [2.24, 2.45) is 0 Å². The molecule has 16 bridgehead atoms. The van der Waals surface area contributed by atoms with Crippen molar-refractivity contribution in [1.82, 2.24) is 84.7 Å². The van der Waals surface area contributed by atoms with E-state index in [1.54, 1.807) is 67.9 Å². The molecule has 0 aromatic carbocycles. The number of carbonyl (C=O) groups excluding carboxylic acids is 1. The SMILES string of the molecule is C1=Cc2nc1c(-c1cccnc1)c1ccc([nH]1)c(-c1cccnc1)c1nc(c(-c3cccnc3)c3ccc([nH]3)c2-c2cccnc2)C=C1.C1=Cc2nc1c(-c1cccnc1)c1ccc([nH]1)c(-c1cccnc1)c1nc(c(-c3cccnc3)c3ccc([nH]3)c2-c2cccnc2)C=C1.O=Cc1cccnc1. The minimum Gasteiger partial charge on any atom is -0.354 e. The lowest BCUT2D eigenvalue weighted by atomic mass is 10.1. The first-order chi connectivity index (χ1) is 51.5. The normalized spacial score (nSPS) is 11.7. The van der Waals surface area contributed by atoms with Crippen LogP contribution >= 0.6 is 0 Å². The number of rotatable bonds is 9. The Morgan fingerprint density at radius 2 is 0.365 bits per heavy atom. The maximum Gasteiger partial charge on any atom is 0.151 e. The molecule has 0 atom stereocenters. The van der Waals surface area contributed by atoms with Crippen molar-refractivity contribution in [3.63, 3.8) is 0 Å². The Hall–Kier alpha value is -14.8. The molecular weight excluding hydrogens is 1290 g/mol. The van der Waals surface area contributed by atoms with Crippen molar-refractivity contribution in [2.75, 3.05) is 0 Å². The molecule has 4 aliphatic heterocycles. The standard InChI is InChI=1S/2C40H26N8.C6H5NO/c2*1-5-25(21-41-17-1)37-29-9-11-31(45-29)38(26-6-2-18-42-22-26)33-13-15-35(47-33)40(28-8-4-20-44-24-28)36-16-14-34(48-36)39(27-7-3-19-43-23-27)32-12-10-30(37)46-32;8-5-6-2-1-3-7-4-6/h2*1-24,45,48H;1-5H. The molecule has 0 unspecified atom stereocenters. The Morgan fingerprint density at radius 1 is 0.202 bits per heavy atom. The second-order valence-corrected chi connectivity index (χ2v) is 24.3. The van der Waals surface area contributed by atoms with Crippen LogP contribution in [0.1, 0.15) is 55.9 Å². The zero-order chi connectivity index (χ0) is 69.6. The topological polar surface area (TPSA) is 248 Å². The lowest BCUT2D eigenvalue weighted by Gasteiger charge is -2.06. The van der Waals surface area contributed by atoms with E-state index in [9.17, 15) is 4.79 Å². The molecular formula is C86H57N17O. The summed E-state index contributed by atoms with van der Waals surface area (Å²) in [4.78, 5) is 85.3. The van der Waals surface area contributed by atoms with Gasteiger partial charge in [-0.1, -0.05) is 48.5 Å². The molecule has 18 nitrogen and oxygen atoms in total. The first kappa shape index (κ1) is 62.7. The van der Waals surface area contributed by atoms with Crippen molar-refractivity contribution < 1.29 is 4.79 Å². The smallest absolute Gasteiger partial charge is 0.151 e. The van der Waals surface area contributed by atoms with E-state index in [4.69, 9.17) is 19.9 Å². The van der Waals surface area contributed by atoms with Gasteiger partial charge in [0.2, 0.25) is 0 Å². The van der Waals surface area contributed by atoms with E-state index in [0.717, 1.165) is 185 Å². The van der Waals surface area contributed by atoms with Crippen LogP contribution in [0.2, 0.25) is 0 Å². The third kappa shape index (κ3) is 12.6. The van der Waals surface area contributed by atoms with Gasteiger partial charge in [-0.3, -0.25) is 49.7 Å². The Balaban J connectivity index is 0.000000139. The van der Waals surface area contributed by atoms with Gasteiger partial charge in [0.25, 0.3) is 0 Å². The monoisotopic (exact) mass is 1340 g/mol. The zero-order valence-corrected chi connectivity index (χ0v) is 55.3. The summed E-state index contributed by atoms with van der Waals surface area (Å²) in [6, 6.07) is 52.3. The van der Waals surface area contributed by atoms with Crippen LogP contribution in [-0.4, -0.2) is 91.0 Å². The molecule has 0 radical (unpaired) electrons. The number of aldehydes is 1. The van der Waals surface area contributed by atoms with Gasteiger partial charge in [0.05, 0.1) is 45.6 Å². The maximum absolute atomic E-state index is 9.97. The number of carbonyl (C=O) groups is 1. The summed E-state index contributed by atoms with van der Waals surface area (Å²) >= 11 is 0. The predicted molar refractivity (Wildman–Crippen MR) is 413 cm³/mol. The molecule has 15 aromatic rings. The number of pyridine rings is 9. The summed E-state index contributed by atoms with van der Waals surface area (Å²) in [6.45, 7) is 0. The van der Waals surface area contributed by atoms with Gasteiger partial charge < -0.3 is 19.9 Å². The molecule has 4 aliphatic rings. The lowest BCUT2D eigenvalue weighted by molar-refractivity contribution is 0.112. The Kier molecular flexibility index (Phi) is 17.0. The molecule has 0 fully saturated rings. The maximum atomic E-state index is 9.97. The summed E-state index contributed by atoms with van der Waals surface area (Å²) in [7, 11) is 0. The highest BCUT2D eigenvalue weighted by Gasteiger charge is 2.22. The number of nitrogens with one attached hydrogen (secondary N) is 4. The van der Waals surface area contributed by atoms with Gasteiger partial charge in [-0.15, -0.1) is 0 Å². The fourth-order valence-electron chi connectivity index (χ4n) is 13.4. The molecule has 19 heterocycles. The largest absolute Gasteiger partial charge is 0.354 e. The van der Waals surface area contributed by atoms with Crippen LogP contribution in [0, 0.1) is 0 Å². The van der Waals surface area contributed by atoms with E-state index in [2.05, 4.69) is 210 Å². The van der Waals surface area contributed by atoms with Crippen LogP contribution < -0.4 is 0 Å². The van der Waals surface area contributed by atoms with E-state index in [1.165, 1.54) is 6.20 Å². The van der Waals surface area contributed by atoms with Crippen LogP contribution in [0.3, 0.4) is 0 Å². The summed E-state index contributed by atoms with van der Waals surface area (Å²) < 4.78 is 0. The van der Waals surface area contributed by atoms with Gasteiger partial charge in [-0.25, -0.2) is 19.9 Å². The first-order valence-corrected chi connectivity index (χ1v) is 33.4. The van der Waals surface area contributed by atoms with Crippen LogP contribution in [0.15, 0.2) is 269 Å². The van der Waals surface area contributed by atoms with E-state index in [0.29, 0.717) is 5.56 Å². The Morgan fingerprint density at radius 3 is 0.490 bits per heavy atom. The van der Waals surface area contributed by atoms with Gasteiger partial charge in [0.1, 0.15) is 0 Å². The molecule has 0 amide bonds. The van der Waals surface area contributed by atoms with Crippen LogP contribution in [0.25, 0.3) is 182 Å². The minimum atomic E-state index is 0.618. The predicted octanol–water partition coefficient (Wildman–Crippen LogP) is 18.7. The molecule has 18 heteroatoms. The van der Waals surface area contributed by atoms with E-state index in [1.807, 2.05) is 98.1 Å². The lowest BCUT2D eigenvalue weighted by Crippen LogP contribution is -1.90. The number of hydrogen-bond acceptors (Lipinski definition) is 14. The number of nitrogens with zero attached hydrogens (tertiary/aromatic N) is 13.